The lowest BCUT2D eigenvalue weighted by Gasteiger charge is -2.12. The van der Waals surface area contributed by atoms with Crippen molar-refractivity contribution in [3.8, 4) is 22.6 Å². The molecule has 0 fully saturated rings. The number of hydrogen-bond donors (Lipinski definition) is 2. The maximum Gasteiger partial charge on any atom is 0.137 e. The second-order valence-corrected chi connectivity index (χ2v) is 6.89. The minimum atomic E-state index is 0.230. The first-order valence-electron chi connectivity index (χ1n) is 9.32. The van der Waals surface area contributed by atoms with Gasteiger partial charge in [-0.3, -0.25) is 9.67 Å². The molecule has 3 heterocycles. The Morgan fingerprint density at radius 1 is 1.14 bits per heavy atom. The van der Waals surface area contributed by atoms with Crippen LogP contribution in [0.1, 0.15) is 18.3 Å². The Bertz CT molecular complexity index is 1000. The summed E-state index contributed by atoms with van der Waals surface area (Å²) in [4.78, 5) is 16.8. The van der Waals surface area contributed by atoms with Gasteiger partial charge in [-0.25, -0.2) is 9.97 Å². The van der Waals surface area contributed by atoms with Gasteiger partial charge < -0.3 is 10.3 Å². The minimum Gasteiger partial charge on any atom is -0.339 e. The summed E-state index contributed by atoms with van der Waals surface area (Å²) < 4.78 is 1.82. The number of nitrogens with one attached hydrogen (secondary N) is 2. The number of pyridine rings is 1. The molecule has 28 heavy (non-hydrogen) atoms. The van der Waals surface area contributed by atoms with Crippen LogP contribution >= 0.6 is 0 Å². The molecule has 0 spiro atoms. The van der Waals surface area contributed by atoms with Gasteiger partial charge in [-0.05, 0) is 26.0 Å². The van der Waals surface area contributed by atoms with Gasteiger partial charge in [0.25, 0.3) is 0 Å². The third-order valence-corrected chi connectivity index (χ3v) is 4.54. The molecular weight excluding hydrogens is 350 g/mol. The lowest BCUT2D eigenvalue weighted by Crippen LogP contribution is -2.30. The molecule has 0 aliphatic rings. The average molecular weight is 373 g/mol. The van der Waals surface area contributed by atoms with Gasteiger partial charge >= 0.3 is 0 Å². The normalized spacial score (nSPS) is 12.2. The predicted molar refractivity (Wildman–Crippen MR) is 108 cm³/mol. The van der Waals surface area contributed by atoms with Crippen molar-refractivity contribution in [1.82, 2.24) is 35.0 Å². The molecule has 142 valence electrons. The van der Waals surface area contributed by atoms with E-state index in [0.717, 1.165) is 35.0 Å². The quantitative estimate of drug-likeness (QED) is 0.520. The number of imidazole rings is 1. The molecule has 0 radical (unpaired) electrons. The molecule has 1 atom stereocenters. The second kappa shape index (κ2) is 8.14. The molecule has 4 rings (SSSR count). The Morgan fingerprint density at radius 2 is 2.00 bits per heavy atom. The van der Waals surface area contributed by atoms with Crippen LogP contribution in [0, 0.1) is 6.92 Å². The Kier molecular flexibility index (Phi) is 5.25. The first-order valence-corrected chi connectivity index (χ1v) is 9.32. The Hall–Kier alpha value is -3.32. The zero-order chi connectivity index (χ0) is 19.3. The number of rotatable bonds is 7. The number of aromatic amines is 1. The van der Waals surface area contributed by atoms with Crippen molar-refractivity contribution in [2.24, 2.45) is 0 Å². The van der Waals surface area contributed by atoms with Gasteiger partial charge in [0, 0.05) is 17.8 Å². The van der Waals surface area contributed by atoms with Crippen molar-refractivity contribution < 1.29 is 0 Å². The summed E-state index contributed by atoms with van der Waals surface area (Å²) in [5.41, 5.74) is 5.03. The van der Waals surface area contributed by atoms with Crippen LogP contribution in [0.5, 0.6) is 0 Å². The summed E-state index contributed by atoms with van der Waals surface area (Å²) in [5, 5.41) is 7.64. The van der Waals surface area contributed by atoms with E-state index >= 15 is 0 Å². The third-order valence-electron chi connectivity index (χ3n) is 4.54. The van der Waals surface area contributed by atoms with Crippen LogP contribution in [-0.4, -0.2) is 35.8 Å². The van der Waals surface area contributed by atoms with Crippen LogP contribution in [-0.2, 0) is 13.1 Å². The van der Waals surface area contributed by atoms with Crippen molar-refractivity contribution in [2.75, 3.05) is 0 Å². The average Bonchev–Trinajstić information content (AvgIpc) is 3.38. The van der Waals surface area contributed by atoms with Crippen molar-refractivity contribution in [3.05, 3.63) is 72.7 Å². The van der Waals surface area contributed by atoms with E-state index in [1.54, 1.807) is 18.9 Å². The lowest BCUT2D eigenvalue weighted by atomic mass is 10.1. The largest absolute Gasteiger partial charge is 0.339 e. The molecule has 1 unspecified atom stereocenters. The molecule has 0 aliphatic heterocycles. The van der Waals surface area contributed by atoms with Crippen LogP contribution < -0.4 is 5.32 Å². The highest BCUT2D eigenvalue weighted by atomic mass is 15.3. The highest BCUT2D eigenvalue weighted by Crippen LogP contribution is 2.29. The first-order chi connectivity index (χ1) is 13.7. The molecule has 3 aromatic heterocycles. The van der Waals surface area contributed by atoms with E-state index in [9.17, 15) is 0 Å². The number of aryl methyl sites for hydroxylation is 1. The van der Waals surface area contributed by atoms with Gasteiger partial charge in [-0.15, -0.1) is 0 Å². The monoisotopic (exact) mass is 373 g/mol. The topological polar surface area (TPSA) is 84.3 Å². The summed E-state index contributed by atoms with van der Waals surface area (Å²) >= 11 is 0. The summed E-state index contributed by atoms with van der Waals surface area (Å²) in [6.07, 6.45) is 5.07. The van der Waals surface area contributed by atoms with E-state index in [-0.39, 0.29) is 6.04 Å². The SMILES string of the molecule is Cc1ccc(-c2nc(CNC(C)Cn3cncn3)[nH]c2-c2ccccn2)cc1. The maximum atomic E-state index is 4.86. The van der Waals surface area contributed by atoms with Gasteiger partial charge in [-0.1, -0.05) is 35.9 Å². The molecule has 0 saturated carbocycles. The number of nitrogens with zero attached hydrogens (tertiary/aromatic N) is 5. The number of hydrogen-bond acceptors (Lipinski definition) is 5. The van der Waals surface area contributed by atoms with E-state index < -0.39 is 0 Å². The van der Waals surface area contributed by atoms with Crippen molar-refractivity contribution in [3.63, 3.8) is 0 Å². The maximum absolute atomic E-state index is 4.86. The summed E-state index contributed by atoms with van der Waals surface area (Å²) in [6, 6.07) is 14.5. The Labute approximate surface area is 163 Å². The summed E-state index contributed by atoms with van der Waals surface area (Å²) in [5.74, 6) is 0.877. The molecule has 4 aromatic rings. The van der Waals surface area contributed by atoms with E-state index in [1.165, 1.54) is 5.56 Å². The zero-order valence-electron chi connectivity index (χ0n) is 16.0. The Balaban J connectivity index is 1.57. The molecule has 2 N–H and O–H groups in total. The van der Waals surface area contributed by atoms with E-state index in [2.05, 4.69) is 63.5 Å². The van der Waals surface area contributed by atoms with Gasteiger partial charge in [0.1, 0.15) is 18.5 Å². The molecule has 1 aromatic carbocycles. The second-order valence-electron chi connectivity index (χ2n) is 6.89. The number of benzene rings is 1. The third kappa shape index (κ3) is 4.15. The molecule has 7 heteroatoms. The fraction of sp³-hybridized carbons (Fsp3) is 0.238. The van der Waals surface area contributed by atoms with Gasteiger partial charge in [0.05, 0.1) is 30.2 Å². The Morgan fingerprint density at radius 3 is 2.71 bits per heavy atom. The van der Waals surface area contributed by atoms with Crippen molar-refractivity contribution in [1.29, 1.82) is 0 Å². The van der Waals surface area contributed by atoms with E-state index in [4.69, 9.17) is 4.98 Å². The number of H-pyrrole nitrogens is 1. The fourth-order valence-corrected chi connectivity index (χ4v) is 3.07. The zero-order valence-corrected chi connectivity index (χ0v) is 16.0. The smallest absolute Gasteiger partial charge is 0.137 e. The summed E-state index contributed by atoms with van der Waals surface area (Å²) in [6.45, 7) is 5.57. The van der Waals surface area contributed by atoms with Crippen LogP contribution in [0.15, 0.2) is 61.3 Å². The van der Waals surface area contributed by atoms with Crippen molar-refractivity contribution in [2.45, 2.75) is 33.0 Å². The first kappa shape index (κ1) is 18.1. The van der Waals surface area contributed by atoms with E-state index in [1.807, 2.05) is 22.9 Å². The van der Waals surface area contributed by atoms with Crippen molar-refractivity contribution >= 4 is 0 Å². The highest BCUT2D eigenvalue weighted by molar-refractivity contribution is 5.76. The van der Waals surface area contributed by atoms with Gasteiger partial charge in [0.2, 0.25) is 0 Å². The van der Waals surface area contributed by atoms with Crippen LogP contribution in [0.2, 0.25) is 0 Å². The molecule has 7 nitrogen and oxygen atoms in total. The van der Waals surface area contributed by atoms with E-state index in [0.29, 0.717) is 6.54 Å². The van der Waals surface area contributed by atoms with Crippen LogP contribution in [0.4, 0.5) is 0 Å². The summed E-state index contributed by atoms with van der Waals surface area (Å²) in [7, 11) is 0. The highest BCUT2D eigenvalue weighted by Gasteiger charge is 2.15. The number of aromatic nitrogens is 6. The van der Waals surface area contributed by atoms with Gasteiger partial charge in [0.15, 0.2) is 0 Å². The van der Waals surface area contributed by atoms with Gasteiger partial charge in [-0.2, -0.15) is 5.10 Å². The standard InChI is InChI=1S/C21H23N7/c1-15-6-8-17(9-7-15)20-21(18-5-3-4-10-23-18)27-19(26-20)11-24-16(2)12-28-14-22-13-25-28/h3-10,13-14,16,24H,11-12H2,1-2H3,(H,26,27). The molecule has 0 saturated heterocycles. The molecule has 0 bridgehead atoms. The van der Waals surface area contributed by atoms with Crippen LogP contribution in [0.25, 0.3) is 22.6 Å². The fourth-order valence-electron chi connectivity index (χ4n) is 3.07. The molecular formula is C21H23N7. The minimum absolute atomic E-state index is 0.230. The predicted octanol–water partition coefficient (Wildman–Crippen LogP) is 3.22. The lowest BCUT2D eigenvalue weighted by molar-refractivity contribution is 0.446. The van der Waals surface area contributed by atoms with Crippen LogP contribution in [0.3, 0.4) is 0 Å². The molecule has 0 aliphatic carbocycles. The molecule has 0 amide bonds.